The zero-order valence-electron chi connectivity index (χ0n) is 12.1. The Balaban J connectivity index is 1.57. The average Bonchev–Trinajstić information content (AvgIpc) is 2.54. The molecule has 0 aliphatic rings. The van der Waals surface area contributed by atoms with Crippen LogP contribution >= 0.6 is 12.6 Å². The Labute approximate surface area is 133 Å². The smallest absolute Gasteiger partial charge is 0.251 e. The molecular weight excluding hydrogens is 300 g/mol. The van der Waals surface area contributed by atoms with Crippen molar-refractivity contribution in [2.24, 2.45) is 0 Å². The van der Waals surface area contributed by atoms with E-state index in [1.54, 1.807) is 0 Å². The van der Waals surface area contributed by atoms with E-state index in [1.807, 2.05) is 30.3 Å². The third-order valence-corrected chi connectivity index (χ3v) is 3.75. The van der Waals surface area contributed by atoms with Crippen molar-refractivity contribution < 1.29 is 4.79 Å². The Hall–Kier alpha value is -2.08. The van der Waals surface area contributed by atoms with Gasteiger partial charge in [-0.1, -0.05) is 24.6 Å². The third kappa shape index (κ3) is 4.21. The summed E-state index contributed by atoms with van der Waals surface area (Å²) < 4.78 is 0. The van der Waals surface area contributed by atoms with Crippen molar-refractivity contribution >= 4 is 29.9 Å². The molecule has 2 rings (SSSR count). The number of carbonyl (C=O) groups is 1. The molecule has 0 heterocycles. The molecule has 0 spiro atoms. The summed E-state index contributed by atoms with van der Waals surface area (Å²) in [6.07, 6.45) is 2.93. The molecule has 6 heteroatoms. The third-order valence-electron chi connectivity index (χ3n) is 3.33. The molecule has 0 fully saturated rings. The van der Waals surface area contributed by atoms with E-state index in [0.29, 0.717) is 18.7 Å². The van der Waals surface area contributed by atoms with Crippen molar-refractivity contribution in [3.63, 3.8) is 0 Å². The molecule has 2 aromatic carbocycles. The van der Waals surface area contributed by atoms with E-state index in [4.69, 9.17) is 0 Å². The van der Waals surface area contributed by atoms with Gasteiger partial charge in [-0.2, -0.15) is 0 Å². The molecule has 0 radical (unpaired) electrons. The molecule has 2 aromatic rings. The number of hydrogen-bond donors (Lipinski definition) is 3. The normalized spacial score (nSPS) is 10.6. The molecule has 0 aromatic heterocycles. The van der Waals surface area contributed by atoms with Crippen molar-refractivity contribution in [2.75, 3.05) is 17.2 Å². The molecule has 0 aliphatic carbocycles. The minimum atomic E-state index is -0.525. The van der Waals surface area contributed by atoms with Gasteiger partial charge in [0.2, 0.25) is 11.3 Å². The minimum absolute atomic E-state index is 0.000667. The van der Waals surface area contributed by atoms with Crippen LogP contribution in [0.15, 0.2) is 44.8 Å². The summed E-state index contributed by atoms with van der Waals surface area (Å²) in [5.41, 5.74) is 0.0985. The maximum atomic E-state index is 11.7. The van der Waals surface area contributed by atoms with Gasteiger partial charge in [0.05, 0.1) is 4.90 Å². The SMILES string of the molecule is O=C(CCCCCNc1c(S)c(=O)c1=O)Nc1ccccc1. The van der Waals surface area contributed by atoms with Crippen LogP contribution in [-0.2, 0) is 4.79 Å². The van der Waals surface area contributed by atoms with Gasteiger partial charge in [-0.25, -0.2) is 0 Å². The number of rotatable bonds is 8. The largest absolute Gasteiger partial charge is 0.381 e. The van der Waals surface area contributed by atoms with Crippen molar-refractivity contribution in [1.29, 1.82) is 0 Å². The van der Waals surface area contributed by atoms with Crippen LogP contribution in [0.2, 0.25) is 0 Å². The Morgan fingerprint density at radius 3 is 2.41 bits per heavy atom. The molecule has 2 N–H and O–H groups in total. The highest BCUT2D eigenvalue weighted by Crippen LogP contribution is 2.12. The standard InChI is InChI=1S/C16H18N2O3S/c19-12(18-11-7-3-1-4-8-11)9-5-2-6-10-17-13-14(20)15(21)16(13)22/h1,3-4,7-8,17,22H,2,5-6,9-10H2,(H,18,19). The predicted octanol–water partition coefficient (Wildman–Crippen LogP) is 2.18. The number of benzene rings is 1. The van der Waals surface area contributed by atoms with E-state index < -0.39 is 10.9 Å². The number of thiol groups is 1. The van der Waals surface area contributed by atoms with E-state index in [1.165, 1.54) is 0 Å². The highest BCUT2D eigenvalue weighted by Gasteiger charge is 2.16. The fourth-order valence-electron chi connectivity index (χ4n) is 2.09. The maximum absolute atomic E-state index is 11.7. The molecule has 22 heavy (non-hydrogen) atoms. The Morgan fingerprint density at radius 2 is 1.73 bits per heavy atom. The van der Waals surface area contributed by atoms with Crippen molar-refractivity contribution in [3.8, 4) is 0 Å². The molecule has 0 atom stereocenters. The lowest BCUT2D eigenvalue weighted by Crippen LogP contribution is -2.35. The summed E-state index contributed by atoms with van der Waals surface area (Å²) >= 11 is 3.95. The highest BCUT2D eigenvalue weighted by atomic mass is 32.1. The van der Waals surface area contributed by atoms with Gasteiger partial charge in [-0.3, -0.25) is 14.4 Å². The van der Waals surface area contributed by atoms with Gasteiger partial charge in [-0.15, -0.1) is 12.6 Å². The van der Waals surface area contributed by atoms with Gasteiger partial charge >= 0.3 is 0 Å². The topological polar surface area (TPSA) is 75.3 Å². The van der Waals surface area contributed by atoms with E-state index in [-0.39, 0.29) is 10.8 Å². The molecule has 5 nitrogen and oxygen atoms in total. The summed E-state index contributed by atoms with van der Waals surface area (Å²) in [6, 6.07) is 9.34. The van der Waals surface area contributed by atoms with Gasteiger partial charge in [0, 0.05) is 18.7 Å². The number of nitrogens with one attached hydrogen (secondary N) is 2. The first-order valence-electron chi connectivity index (χ1n) is 7.20. The fraction of sp³-hybridized carbons (Fsp3) is 0.312. The molecular formula is C16H18N2O3S. The Kier molecular flexibility index (Phi) is 5.77. The second-order valence-electron chi connectivity index (χ2n) is 5.03. The number of carbonyl (C=O) groups excluding carboxylic acids is 1. The lowest BCUT2D eigenvalue weighted by molar-refractivity contribution is -0.116. The van der Waals surface area contributed by atoms with Crippen LogP contribution in [0.25, 0.3) is 0 Å². The average molecular weight is 318 g/mol. The van der Waals surface area contributed by atoms with Gasteiger partial charge < -0.3 is 10.6 Å². The first-order chi connectivity index (χ1) is 10.6. The van der Waals surface area contributed by atoms with Gasteiger partial charge in [0.15, 0.2) is 0 Å². The van der Waals surface area contributed by atoms with E-state index >= 15 is 0 Å². The number of para-hydroxylation sites is 1. The molecule has 0 bridgehead atoms. The molecule has 0 saturated heterocycles. The maximum Gasteiger partial charge on any atom is 0.251 e. The predicted molar refractivity (Wildman–Crippen MR) is 90.6 cm³/mol. The number of unbranched alkanes of at least 4 members (excludes halogenated alkanes) is 2. The van der Waals surface area contributed by atoms with E-state index in [0.717, 1.165) is 24.9 Å². The van der Waals surface area contributed by atoms with Crippen LogP contribution in [0.4, 0.5) is 11.4 Å². The molecule has 0 saturated carbocycles. The Bertz CT molecular complexity index is 706. The summed E-state index contributed by atoms with van der Waals surface area (Å²) in [6.45, 7) is 0.596. The van der Waals surface area contributed by atoms with Crippen LogP contribution in [0.5, 0.6) is 0 Å². The number of hydrogen-bond acceptors (Lipinski definition) is 5. The highest BCUT2D eigenvalue weighted by molar-refractivity contribution is 7.80. The van der Waals surface area contributed by atoms with Crippen LogP contribution in [0.3, 0.4) is 0 Å². The second-order valence-corrected chi connectivity index (χ2v) is 5.48. The monoisotopic (exact) mass is 318 g/mol. The van der Waals surface area contributed by atoms with Crippen molar-refractivity contribution in [1.82, 2.24) is 0 Å². The van der Waals surface area contributed by atoms with Crippen molar-refractivity contribution in [2.45, 2.75) is 30.6 Å². The minimum Gasteiger partial charge on any atom is -0.381 e. The molecule has 0 unspecified atom stereocenters. The zero-order valence-corrected chi connectivity index (χ0v) is 13.0. The molecule has 1 amide bonds. The Morgan fingerprint density at radius 1 is 1.00 bits per heavy atom. The van der Waals surface area contributed by atoms with Crippen LogP contribution in [0.1, 0.15) is 25.7 Å². The fourth-order valence-corrected chi connectivity index (χ4v) is 2.37. The number of anilines is 2. The van der Waals surface area contributed by atoms with Gasteiger partial charge in [-0.05, 0) is 25.0 Å². The van der Waals surface area contributed by atoms with Crippen LogP contribution in [-0.4, -0.2) is 12.5 Å². The number of amides is 1. The van der Waals surface area contributed by atoms with Gasteiger partial charge in [0.25, 0.3) is 5.43 Å². The van der Waals surface area contributed by atoms with Crippen LogP contribution in [0, 0.1) is 0 Å². The lowest BCUT2D eigenvalue weighted by atomic mass is 10.1. The van der Waals surface area contributed by atoms with Crippen molar-refractivity contribution in [3.05, 3.63) is 50.8 Å². The summed E-state index contributed by atoms with van der Waals surface area (Å²) in [5, 5.41) is 5.74. The zero-order chi connectivity index (χ0) is 15.9. The first kappa shape index (κ1) is 16.3. The van der Waals surface area contributed by atoms with Crippen LogP contribution < -0.4 is 21.5 Å². The molecule has 116 valence electrons. The summed E-state index contributed by atoms with van der Waals surface area (Å²) in [4.78, 5) is 34.1. The van der Waals surface area contributed by atoms with E-state index in [2.05, 4.69) is 23.3 Å². The summed E-state index contributed by atoms with van der Waals surface area (Å²) in [5.74, 6) is -0.000667. The first-order valence-corrected chi connectivity index (χ1v) is 7.65. The quantitative estimate of drug-likeness (QED) is 0.396. The van der Waals surface area contributed by atoms with Gasteiger partial charge in [0.1, 0.15) is 5.69 Å². The lowest BCUT2D eigenvalue weighted by Gasteiger charge is -2.09. The molecule has 0 aliphatic heterocycles. The summed E-state index contributed by atoms with van der Waals surface area (Å²) in [7, 11) is 0. The second kappa shape index (κ2) is 7.79. The van der Waals surface area contributed by atoms with E-state index in [9.17, 15) is 14.4 Å².